The summed E-state index contributed by atoms with van der Waals surface area (Å²) in [5.74, 6) is 0. The fourth-order valence-electron chi connectivity index (χ4n) is 0.657. The summed E-state index contributed by atoms with van der Waals surface area (Å²) in [5.41, 5.74) is 0. The van der Waals surface area contributed by atoms with Crippen LogP contribution in [0.25, 0.3) is 0 Å². The van der Waals surface area contributed by atoms with Crippen LogP contribution >= 0.6 is 0 Å². The molecule has 0 radical (unpaired) electrons. The first-order chi connectivity index (χ1) is 4.43. The Kier molecular flexibility index (Phi) is 4.28. The summed E-state index contributed by atoms with van der Waals surface area (Å²) in [6, 6.07) is 0. The number of hydrogen-bond donors (Lipinski definition) is 1. The number of nitrogens with one attached hydrogen (secondary N) is 1. The number of rotatable bonds is 5. The van der Waals surface area contributed by atoms with E-state index in [0.717, 1.165) is 26.3 Å². The van der Waals surface area contributed by atoms with Crippen molar-refractivity contribution in [1.29, 1.82) is 0 Å². The van der Waals surface area contributed by atoms with Crippen LogP contribution in [-0.4, -0.2) is 39.4 Å². The van der Waals surface area contributed by atoms with Crippen LogP contribution in [0.5, 0.6) is 0 Å². The van der Waals surface area contributed by atoms with Crippen LogP contribution < -0.4 is 5.32 Å². The van der Waals surface area contributed by atoms with Crippen molar-refractivity contribution in [3.63, 3.8) is 0 Å². The quantitative estimate of drug-likeness (QED) is 0.557. The second-order valence-corrected chi connectivity index (χ2v) is 11.1. The van der Waals surface area contributed by atoms with Crippen LogP contribution in [-0.2, 0) is 0 Å². The van der Waals surface area contributed by atoms with E-state index >= 15 is 0 Å². The van der Waals surface area contributed by atoms with Crippen molar-refractivity contribution >= 4 is 26.3 Å². The summed E-state index contributed by atoms with van der Waals surface area (Å²) in [6.45, 7) is 4.72. The van der Waals surface area contributed by atoms with Gasteiger partial charge in [-0.05, 0) is 0 Å². The molecule has 0 saturated carbocycles. The van der Waals surface area contributed by atoms with E-state index in [4.69, 9.17) is 0 Å². The average Bonchev–Trinajstić information content (AvgIpc) is 2.63. The van der Waals surface area contributed by atoms with Gasteiger partial charge >= 0.3 is 68.1 Å². The van der Waals surface area contributed by atoms with Crippen LogP contribution in [0.15, 0.2) is 0 Å². The summed E-state index contributed by atoms with van der Waals surface area (Å²) in [6.07, 6.45) is 2.75. The maximum atomic E-state index is 3.43. The Balaban J connectivity index is 1.71. The molecular formula is C6H13NSe2. The van der Waals surface area contributed by atoms with Gasteiger partial charge < -0.3 is 0 Å². The molecule has 1 aliphatic heterocycles. The van der Waals surface area contributed by atoms with Crippen LogP contribution in [0, 0.1) is 0 Å². The maximum absolute atomic E-state index is 3.43. The summed E-state index contributed by atoms with van der Waals surface area (Å²) < 4.78 is 1.22. The molecule has 0 aromatic heterocycles. The Hall–Kier alpha value is 0.999. The third-order valence-electron chi connectivity index (χ3n) is 1.22. The van der Waals surface area contributed by atoms with Crippen molar-refractivity contribution < 1.29 is 0 Å². The minimum atomic E-state index is 1.11. The van der Waals surface area contributed by atoms with Gasteiger partial charge in [0.05, 0.1) is 0 Å². The molecular weight excluding hydrogens is 244 g/mol. The van der Waals surface area contributed by atoms with Gasteiger partial charge in [0.1, 0.15) is 0 Å². The fourth-order valence-corrected chi connectivity index (χ4v) is 4.67. The Morgan fingerprint density at radius 1 is 1.33 bits per heavy atom. The van der Waals surface area contributed by atoms with E-state index in [0.29, 0.717) is 0 Å². The Morgan fingerprint density at radius 2 is 2.11 bits per heavy atom. The molecule has 3 heteroatoms. The van der Waals surface area contributed by atoms with Gasteiger partial charge in [0.15, 0.2) is 0 Å². The summed E-state index contributed by atoms with van der Waals surface area (Å²) >= 11 is 2.22. The van der Waals surface area contributed by atoms with Gasteiger partial charge in [-0.3, -0.25) is 0 Å². The standard InChI is InChI=1S/C6H13NSe2/c1-2-4-7-5-3-6-8-9-6/h6-7H,2-5H2,1H3. The molecule has 1 N–H and O–H groups in total. The van der Waals surface area contributed by atoms with E-state index in [1.54, 1.807) is 0 Å². The van der Waals surface area contributed by atoms with Crippen molar-refractivity contribution in [3.05, 3.63) is 0 Å². The zero-order chi connectivity index (χ0) is 6.53. The van der Waals surface area contributed by atoms with E-state index in [9.17, 15) is 0 Å². The molecule has 54 valence electrons. The van der Waals surface area contributed by atoms with Crippen LogP contribution in [0.4, 0.5) is 0 Å². The molecule has 1 fully saturated rings. The zero-order valence-corrected chi connectivity index (χ0v) is 9.15. The Morgan fingerprint density at radius 3 is 2.67 bits per heavy atom. The Bertz CT molecular complexity index is 73.5. The van der Waals surface area contributed by atoms with Crippen LogP contribution in [0.2, 0.25) is 3.71 Å². The predicted octanol–water partition coefficient (Wildman–Crippen LogP) is 0.459. The molecule has 1 nitrogen and oxygen atoms in total. The molecule has 1 aliphatic rings. The van der Waals surface area contributed by atoms with Crippen molar-refractivity contribution in [2.45, 2.75) is 23.5 Å². The summed E-state index contributed by atoms with van der Waals surface area (Å²) in [4.78, 5) is 0. The van der Waals surface area contributed by atoms with Gasteiger partial charge in [0, 0.05) is 0 Å². The van der Waals surface area contributed by atoms with E-state index in [1.165, 1.54) is 29.6 Å². The normalized spacial score (nSPS) is 18.3. The number of hydrogen-bond acceptors (Lipinski definition) is 1. The SMILES string of the molecule is CCCNCCC1[Se][Se]1. The Labute approximate surface area is 68.2 Å². The molecule has 0 bridgehead atoms. The van der Waals surface area contributed by atoms with Gasteiger partial charge in [-0.15, -0.1) is 0 Å². The van der Waals surface area contributed by atoms with Gasteiger partial charge in [-0.1, -0.05) is 0 Å². The fraction of sp³-hybridized carbons (Fsp3) is 1.00. The van der Waals surface area contributed by atoms with Gasteiger partial charge in [-0.2, -0.15) is 0 Å². The van der Waals surface area contributed by atoms with Gasteiger partial charge in [0.2, 0.25) is 0 Å². The topological polar surface area (TPSA) is 12.0 Å². The second kappa shape index (κ2) is 4.76. The van der Waals surface area contributed by atoms with E-state index in [2.05, 4.69) is 12.2 Å². The van der Waals surface area contributed by atoms with Crippen molar-refractivity contribution in [2.75, 3.05) is 13.1 Å². The first-order valence-electron chi connectivity index (χ1n) is 3.46. The minimum absolute atomic E-state index is 1.11. The third kappa shape index (κ3) is 4.41. The molecule has 0 aliphatic carbocycles. The van der Waals surface area contributed by atoms with Crippen molar-refractivity contribution in [2.24, 2.45) is 0 Å². The van der Waals surface area contributed by atoms with Gasteiger partial charge in [0.25, 0.3) is 0 Å². The van der Waals surface area contributed by atoms with E-state index in [1.807, 2.05) is 0 Å². The first-order valence-corrected chi connectivity index (χ1v) is 9.77. The van der Waals surface area contributed by atoms with Crippen LogP contribution in [0.1, 0.15) is 19.8 Å². The van der Waals surface area contributed by atoms with Gasteiger partial charge in [-0.25, -0.2) is 0 Å². The summed E-state index contributed by atoms with van der Waals surface area (Å²) in [5, 5.41) is 3.43. The molecule has 0 atom stereocenters. The molecule has 0 aromatic rings. The third-order valence-corrected chi connectivity index (χ3v) is 8.24. The summed E-state index contributed by atoms with van der Waals surface area (Å²) in [7, 11) is 0. The second-order valence-electron chi connectivity index (χ2n) is 2.16. The average molecular weight is 257 g/mol. The first kappa shape index (κ1) is 8.10. The van der Waals surface area contributed by atoms with Crippen molar-refractivity contribution in [3.8, 4) is 0 Å². The van der Waals surface area contributed by atoms with Crippen molar-refractivity contribution in [1.82, 2.24) is 5.32 Å². The monoisotopic (exact) mass is 259 g/mol. The van der Waals surface area contributed by atoms with Crippen LogP contribution in [0.3, 0.4) is 0 Å². The predicted molar refractivity (Wildman–Crippen MR) is 43.0 cm³/mol. The molecule has 1 saturated heterocycles. The molecule has 0 amide bonds. The zero-order valence-electron chi connectivity index (χ0n) is 5.72. The molecule has 9 heavy (non-hydrogen) atoms. The molecule has 0 unspecified atom stereocenters. The van der Waals surface area contributed by atoms with E-state index in [-0.39, 0.29) is 0 Å². The molecule has 0 aromatic carbocycles. The molecule has 1 heterocycles. The molecule has 1 rings (SSSR count). The van der Waals surface area contributed by atoms with E-state index < -0.39 is 0 Å². The molecule has 0 spiro atoms.